The maximum atomic E-state index is 14.0. The van der Waals surface area contributed by atoms with Crippen LogP contribution in [0.4, 0.5) is 4.79 Å². The van der Waals surface area contributed by atoms with Gasteiger partial charge in [-0.25, -0.2) is 4.79 Å². The summed E-state index contributed by atoms with van der Waals surface area (Å²) in [5.41, 5.74) is -0.142. The van der Waals surface area contributed by atoms with Gasteiger partial charge in [0.2, 0.25) is 5.91 Å². The monoisotopic (exact) mass is 512 g/mol. The molecular weight excluding hydrogens is 468 g/mol. The first-order valence-electron chi connectivity index (χ1n) is 14.2. The summed E-state index contributed by atoms with van der Waals surface area (Å²) in [6.07, 6.45) is 7.21. The van der Waals surface area contributed by atoms with Gasteiger partial charge in [0.05, 0.1) is 24.0 Å². The maximum Gasteiger partial charge on any atom is 0.410 e. The van der Waals surface area contributed by atoms with Gasteiger partial charge in [-0.05, 0) is 71.3 Å². The van der Waals surface area contributed by atoms with Crippen molar-refractivity contribution in [2.75, 3.05) is 26.2 Å². The Labute approximate surface area is 221 Å². The Morgan fingerprint density at radius 2 is 1.59 bits per heavy atom. The van der Waals surface area contributed by atoms with E-state index in [4.69, 9.17) is 9.47 Å². The lowest BCUT2D eigenvalue weighted by atomic mass is 9.63. The van der Waals surface area contributed by atoms with Gasteiger partial charge >= 0.3 is 12.1 Å². The standard InChI is InChI=1S/C30H44N2O5/c1-5-36-27(34)30(23-14-10-7-11-15-23)17-20-31(21-18-30)26(33)24-16-19-32(28(35)37-29(2,3)4)25(24)22-12-8-6-9-13-22/h6,8-9,12-13,23-25H,5,7,10-11,14-21H2,1-4H3. The fourth-order valence-corrected chi connectivity index (χ4v) is 6.71. The predicted molar refractivity (Wildman–Crippen MR) is 142 cm³/mol. The van der Waals surface area contributed by atoms with Crippen LogP contribution in [0.3, 0.4) is 0 Å². The van der Waals surface area contributed by atoms with E-state index in [1.165, 1.54) is 6.42 Å². The van der Waals surface area contributed by atoms with E-state index >= 15 is 0 Å². The second kappa shape index (κ2) is 11.4. The molecule has 0 bridgehead atoms. The normalized spacial score (nSPS) is 24.5. The quantitative estimate of drug-likeness (QED) is 0.471. The van der Waals surface area contributed by atoms with Crippen molar-refractivity contribution in [2.24, 2.45) is 17.3 Å². The predicted octanol–water partition coefficient (Wildman–Crippen LogP) is 5.74. The number of hydrogen-bond donors (Lipinski definition) is 0. The highest BCUT2D eigenvalue weighted by molar-refractivity contribution is 5.83. The summed E-state index contributed by atoms with van der Waals surface area (Å²) in [5.74, 6) is -0.00223. The lowest BCUT2D eigenvalue weighted by Crippen LogP contribution is -2.52. The third-order valence-electron chi connectivity index (χ3n) is 8.52. The van der Waals surface area contributed by atoms with Gasteiger partial charge in [0.25, 0.3) is 0 Å². The van der Waals surface area contributed by atoms with Crippen LogP contribution >= 0.6 is 0 Å². The van der Waals surface area contributed by atoms with Gasteiger partial charge in [-0.15, -0.1) is 0 Å². The van der Waals surface area contributed by atoms with Crippen LogP contribution in [0.2, 0.25) is 0 Å². The van der Waals surface area contributed by atoms with Gasteiger partial charge < -0.3 is 19.3 Å². The van der Waals surface area contributed by atoms with Gasteiger partial charge in [0, 0.05) is 19.6 Å². The number of ether oxygens (including phenoxy) is 2. The number of benzene rings is 1. The number of likely N-dealkylation sites (tertiary alicyclic amines) is 2. The number of hydrogen-bond acceptors (Lipinski definition) is 5. The second-order valence-corrected chi connectivity index (χ2v) is 12.0. The fraction of sp³-hybridized carbons (Fsp3) is 0.700. The molecule has 0 N–H and O–H groups in total. The summed E-state index contributed by atoms with van der Waals surface area (Å²) >= 11 is 0. The van der Waals surface area contributed by atoms with E-state index < -0.39 is 11.0 Å². The molecule has 2 amide bonds. The van der Waals surface area contributed by atoms with Crippen LogP contribution in [0.1, 0.15) is 90.7 Å². The summed E-state index contributed by atoms with van der Waals surface area (Å²) in [7, 11) is 0. The molecule has 3 aliphatic rings. The number of amides is 2. The Morgan fingerprint density at radius 3 is 2.19 bits per heavy atom. The molecule has 2 unspecified atom stereocenters. The van der Waals surface area contributed by atoms with Crippen molar-refractivity contribution < 1.29 is 23.9 Å². The smallest absolute Gasteiger partial charge is 0.410 e. The number of carbonyl (C=O) groups excluding carboxylic acids is 3. The molecule has 0 aromatic heterocycles. The molecule has 1 saturated carbocycles. The maximum absolute atomic E-state index is 14.0. The summed E-state index contributed by atoms with van der Waals surface area (Å²) in [6.45, 7) is 9.42. The molecule has 37 heavy (non-hydrogen) atoms. The van der Waals surface area contributed by atoms with E-state index in [-0.39, 0.29) is 29.9 Å². The van der Waals surface area contributed by atoms with Crippen LogP contribution < -0.4 is 0 Å². The molecule has 3 fully saturated rings. The number of esters is 1. The van der Waals surface area contributed by atoms with Gasteiger partial charge in [-0.1, -0.05) is 49.6 Å². The molecular formula is C30H44N2O5. The van der Waals surface area contributed by atoms with E-state index in [2.05, 4.69) is 0 Å². The van der Waals surface area contributed by atoms with Gasteiger partial charge in [0.1, 0.15) is 5.60 Å². The zero-order chi connectivity index (χ0) is 26.6. The molecule has 2 atom stereocenters. The molecule has 2 aliphatic heterocycles. The first kappa shape index (κ1) is 27.5. The number of carbonyl (C=O) groups is 3. The van der Waals surface area contributed by atoms with E-state index in [0.717, 1.165) is 31.2 Å². The molecule has 4 rings (SSSR count). The van der Waals surface area contributed by atoms with E-state index in [0.29, 0.717) is 51.4 Å². The average molecular weight is 513 g/mol. The van der Waals surface area contributed by atoms with Crippen molar-refractivity contribution in [3.05, 3.63) is 35.9 Å². The molecule has 0 radical (unpaired) electrons. The van der Waals surface area contributed by atoms with Crippen LogP contribution in [0.5, 0.6) is 0 Å². The number of rotatable bonds is 5. The minimum atomic E-state index is -0.608. The summed E-state index contributed by atoms with van der Waals surface area (Å²) in [6, 6.07) is 9.44. The Bertz CT molecular complexity index is 942. The molecule has 0 spiro atoms. The van der Waals surface area contributed by atoms with Gasteiger partial charge in [-0.3, -0.25) is 9.59 Å². The summed E-state index contributed by atoms with van der Waals surface area (Å²) in [4.78, 5) is 44.0. The number of piperidine rings is 1. The molecule has 1 aromatic rings. The van der Waals surface area contributed by atoms with Crippen molar-refractivity contribution in [3.63, 3.8) is 0 Å². The topological polar surface area (TPSA) is 76.2 Å². The first-order valence-corrected chi connectivity index (χ1v) is 14.2. The van der Waals surface area contributed by atoms with E-state index in [1.54, 1.807) is 4.90 Å². The van der Waals surface area contributed by atoms with Crippen molar-refractivity contribution in [1.82, 2.24) is 9.80 Å². The summed E-state index contributed by atoms with van der Waals surface area (Å²) < 4.78 is 11.3. The third-order valence-corrected chi connectivity index (χ3v) is 8.52. The molecule has 2 saturated heterocycles. The zero-order valence-electron chi connectivity index (χ0n) is 23.0. The Morgan fingerprint density at radius 1 is 0.946 bits per heavy atom. The second-order valence-electron chi connectivity index (χ2n) is 12.0. The van der Waals surface area contributed by atoms with Crippen molar-refractivity contribution in [2.45, 2.75) is 90.7 Å². The van der Waals surface area contributed by atoms with Gasteiger partial charge in [-0.2, -0.15) is 0 Å². The minimum absolute atomic E-state index is 0.0704. The lowest BCUT2D eigenvalue weighted by molar-refractivity contribution is -0.166. The van der Waals surface area contributed by atoms with Crippen molar-refractivity contribution in [3.8, 4) is 0 Å². The Balaban J connectivity index is 1.52. The summed E-state index contributed by atoms with van der Waals surface area (Å²) in [5, 5.41) is 0. The highest BCUT2D eigenvalue weighted by Gasteiger charge is 2.51. The molecule has 7 heteroatoms. The minimum Gasteiger partial charge on any atom is -0.466 e. The van der Waals surface area contributed by atoms with Crippen molar-refractivity contribution in [1.29, 1.82) is 0 Å². The molecule has 204 valence electrons. The van der Waals surface area contributed by atoms with Crippen LogP contribution in [0, 0.1) is 17.3 Å². The fourth-order valence-electron chi connectivity index (χ4n) is 6.71. The Hall–Kier alpha value is -2.57. The lowest BCUT2D eigenvalue weighted by Gasteiger charge is -2.46. The molecule has 1 aromatic carbocycles. The van der Waals surface area contributed by atoms with E-state index in [1.807, 2.05) is 62.9 Å². The highest BCUT2D eigenvalue weighted by Crippen LogP contribution is 2.48. The van der Waals surface area contributed by atoms with Crippen LogP contribution in [0.25, 0.3) is 0 Å². The highest BCUT2D eigenvalue weighted by atomic mass is 16.6. The third kappa shape index (κ3) is 5.96. The SMILES string of the molecule is CCOC(=O)C1(C2CCCCC2)CCN(C(=O)C2CCN(C(=O)OC(C)(C)C)C2c2ccccc2)CC1. The Kier molecular flexibility index (Phi) is 8.49. The largest absolute Gasteiger partial charge is 0.466 e. The number of nitrogens with zero attached hydrogens (tertiary/aromatic N) is 2. The molecule has 1 aliphatic carbocycles. The first-order chi connectivity index (χ1) is 17.7. The van der Waals surface area contributed by atoms with Crippen LogP contribution in [-0.4, -0.2) is 59.6 Å². The molecule has 7 nitrogen and oxygen atoms in total. The van der Waals surface area contributed by atoms with Crippen molar-refractivity contribution >= 4 is 18.0 Å². The average Bonchev–Trinajstić information content (AvgIpc) is 3.34. The molecule has 2 heterocycles. The van der Waals surface area contributed by atoms with Gasteiger partial charge in [0.15, 0.2) is 0 Å². The van der Waals surface area contributed by atoms with Crippen LogP contribution in [-0.2, 0) is 19.1 Å². The van der Waals surface area contributed by atoms with E-state index in [9.17, 15) is 14.4 Å². The zero-order valence-corrected chi connectivity index (χ0v) is 23.0. The van der Waals surface area contributed by atoms with Crippen LogP contribution in [0.15, 0.2) is 30.3 Å².